The Morgan fingerprint density at radius 2 is 2.10 bits per heavy atom. The lowest BCUT2D eigenvalue weighted by molar-refractivity contribution is -0.145. The van der Waals surface area contributed by atoms with Gasteiger partial charge in [-0.05, 0) is 38.0 Å². The molecule has 6 heteroatoms. The average Bonchev–Trinajstić information content (AvgIpc) is 2.43. The van der Waals surface area contributed by atoms with Crippen LogP contribution in [0, 0.1) is 13.8 Å². The molecular weight excluding hydrogens is 288 g/mol. The molecule has 0 aromatic heterocycles. The molecule has 1 N–H and O–H groups in total. The van der Waals surface area contributed by atoms with Crippen molar-refractivity contribution in [3.8, 4) is 0 Å². The number of hydrogen-bond donors (Lipinski definition) is 1. The van der Waals surface area contributed by atoms with Crippen LogP contribution in [0.4, 0.5) is 5.69 Å². The van der Waals surface area contributed by atoms with Gasteiger partial charge in [-0.25, -0.2) is 0 Å². The standard InChI is InChI=1S/C15H18N2O3S/c1-9-4-5-10(2)12(6-9)16-13(18)7-17-14(19)8-21-11(3)15(17)20/h4-6,11H,7-8H2,1-3H3,(H,16,18)/t11-/m0/s1. The molecule has 3 amide bonds. The van der Waals surface area contributed by atoms with E-state index in [0.29, 0.717) is 5.69 Å². The van der Waals surface area contributed by atoms with E-state index in [1.54, 1.807) is 6.92 Å². The molecule has 1 aliphatic heterocycles. The van der Waals surface area contributed by atoms with Crippen LogP contribution in [-0.4, -0.2) is 40.2 Å². The fourth-order valence-electron chi connectivity index (χ4n) is 2.06. The summed E-state index contributed by atoms with van der Waals surface area (Å²) >= 11 is 1.30. The molecule has 21 heavy (non-hydrogen) atoms. The van der Waals surface area contributed by atoms with Crippen molar-refractivity contribution in [2.75, 3.05) is 17.6 Å². The normalized spacial score (nSPS) is 18.8. The quantitative estimate of drug-likeness (QED) is 0.864. The summed E-state index contributed by atoms with van der Waals surface area (Å²) in [7, 11) is 0. The van der Waals surface area contributed by atoms with E-state index in [-0.39, 0.29) is 35.3 Å². The van der Waals surface area contributed by atoms with Gasteiger partial charge >= 0.3 is 0 Å². The van der Waals surface area contributed by atoms with Gasteiger partial charge in [-0.1, -0.05) is 12.1 Å². The number of benzene rings is 1. The monoisotopic (exact) mass is 306 g/mol. The summed E-state index contributed by atoms with van der Waals surface area (Å²) in [5, 5.41) is 2.48. The first-order valence-corrected chi connectivity index (χ1v) is 7.76. The number of hydrogen-bond acceptors (Lipinski definition) is 4. The predicted octanol–water partition coefficient (Wildman–Crippen LogP) is 1.73. The molecule has 1 atom stereocenters. The lowest BCUT2D eigenvalue weighted by atomic mass is 10.1. The molecule has 1 saturated heterocycles. The van der Waals surface area contributed by atoms with Crippen LogP contribution in [0.25, 0.3) is 0 Å². The van der Waals surface area contributed by atoms with Crippen LogP contribution in [0.3, 0.4) is 0 Å². The summed E-state index contributed by atoms with van der Waals surface area (Å²) in [5.74, 6) is -0.722. The van der Waals surface area contributed by atoms with Gasteiger partial charge in [0.05, 0.1) is 11.0 Å². The van der Waals surface area contributed by atoms with E-state index in [1.165, 1.54) is 11.8 Å². The van der Waals surface area contributed by atoms with Gasteiger partial charge in [0.2, 0.25) is 17.7 Å². The van der Waals surface area contributed by atoms with Gasteiger partial charge in [0.25, 0.3) is 0 Å². The highest BCUT2D eigenvalue weighted by Crippen LogP contribution is 2.21. The van der Waals surface area contributed by atoms with E-state index >= 15 is 0 Å². The van der Waals surface area contributed by atoms with Crippen LogP contribution < -0.4 is 5.32 Å². The molecule has 0 aliphatic carbocycles. The van der Waals surface area contributed by atoms with E-state index < -0.39 is 0 Å². The van der Waals surface area contributed by atoms with Gasteiger partial charge in [0.15, 0.2) is 0 Å². The summed E-state index contributed by atoms with van der Waals surface area (Å²) < 4.78 is 0. The van der Waals surface area contributed by atoms with Crippen LogP contribution in [0.1, 0.15) is 18.1 Å². The Balaban J connectivity index is 2.05. The number of anilines is 1. The van der Waals surface area contributed by atoms with E-state index in [0.717, 1.165) is 16.0 Å². The average molecular weight is 306 g/mol. The molecule has 5 nitrogen and oxygen atoms in total. The van der Waals surface area contributed by atoms with E-state index in [4.69, 9.17) is 0 Å². The van der Waals surface area contributed by atoms with Crippen molar-refractivity contribution in [3.05, 3.63) is 29.3 Å². The number of nitrogens with one attached hydrogen (secondary N) is 1. The van der Waals surface area contributed by atoms with Gasteiger partial charge in [-0.2, -0.15) is 0 Å². The number of thioether (sulfide) groups is 1. The molecule has 0 spiro atoms. The van der Waals surface area contributed by atoms with Crippen molar-refractivity contribution in [3.63, 3.8) is 0 Å². The van der Waals surface area contributed by atoms with Gasteiger partial charge < -0.3 is 5.32 Å². The maximum atomic E-state index is 12.1. The summed E-state index contributed by atoms with van der Waals surface area (Å²) in [6.07, 6.45) is 0. The highest BCUT2D eigenvalue weighted by molar-refractivity contribution is 8.01. The molecule has 1 aromatic rings. The summed E-state index contributed by atoms with van der Waals surface area (Å²) in [4.78, 5) is 36.8. The number of aryl methyl sites for hydroxylation is 2. The Labute approximate surface area is 128 Å². The number of nitrogens with zero attached hydrogens (tertiary/aromatic N) is 1. The summed E-state index contributed by atoms with van der Waals surface area (Å²) in [6.45, 7) is 5.35. The number of amides is 3. The zero-order chi connectivity index (χ0) is 15.6. The topological polar surface area (TPSA) is 66.5 Å². The molecule has 0 saturated carbocycles. The molecule has 2 rings (SSSR count). The van der Waals surface area contributed by atoms with Crippen molar-refractivity contribution in [2.24, 2.45) is 0 Å². The third-order valence-electron chi connectivity index (χ3n) is 3.34. The van der Waals surface area contributed by atoms with Crippen LogP contribution in [0.5, 0.6) is 0 Å². The Morgan fingerprint density at radius 3 is 2.81 bits per heavy atom. The molecule has 0 bridgehead atoms. The summed E-state index contributed by atoms with van der Waals surface area (Å²) in [6, 6.07) is 5.74. The van der Waals surface area contributed by atoms with E-state index in [2.05, 4.69) is 5.32 Å². The first kappa shape index (κ1) is 15.6. The first-order valence-electron chi connectivity index (χ1n) is 6.71. The van der Waals surface area contributed by atoms with Gasteiger partial charge in [-0.15, -0.1) is 11.8 Å². The smallest absolute Gasteiger partial charge is 0.244 e. The highest BCUT2D eigenvalue weighted by atomic mass is 32.2. The summed E-state index contributed by atoms with van der Waals surface area (Å²) in [5.41, 5.74) is 2.68. The van der Waals surface area contributed by atoms with Crippen molar-refractivity contribution in [2.45, 2.75) is 26.0 Å². The van der Waals surface area contributed by atoms with Crippen molar-refractivity contribution in [1.29, 1.82) is 0 Å². The molecule has 0 unspecified atom stereocenters. The largest absolute Gasteiger partial charge is 0.324 e. The molecule has 112 valence electrons. The molecule has 1 aliphatic rings. The SMILES string of the molecule is Cc1ccc(C)c(NC(=O)CN2C(=O)CS[C@@H](C)C2=O)c1. The van der Waals surface area contributed by atoms with Crippen LogP contribution in [-0.2, 0) is 14.4 Å². The van der Waals surface area contributed by atoms with Crippen molar-refractivity contribution < 1.29 is 14.4 Å². The fraction of sp³-hybridized carbons (Fsp3) is 0.400. The minimum atomic E-state index is -0.357. The van der Waals surface area contributed by atoms with Crippen LogP contribution >= 0.6 is 11.8 Å². The number of rotatable bonds is 3. The second kappa shape index (κ2) is 6.30. The molecule has 1 aromatic carbocycles. The third kappa shape index (κ3) is 3.64. The Kier molecular flexibility index (Phi) is 4.67. The second-order valence-corrected chi connectivity index (χ2v) is 6.47. The lowest BCUT2D eigenvalue weighted by Crippen LogP contribution is -2.49. The zero-order valence-corrected chi connectivity index (χ0v) is 13.1. The van der Waals surface area contributed by atoms with Gasteiger partial charge in [0.1, 0.15) is 6.54 Å². The van der Waals surface area contributed by atoms with Gasteiger partial charge in [-0.3, -0.25) is 19.3 Å². The Morgan fingerprint density at radius 1 is 1.38 bits per heavy atom. The van der Waals surface area contributed by atoms with E-state index in [1.807, 2.05) is 32.0 Å². The predicted molar refractivity (Wildman–Crippen MR) is 83.2 cm³/mol. The Bertz CT molecular complexity index is 601. The van der Waals surface area contributed by atoms with Crippen LogP contribution in [0.15, 0.2) is 18.2 Å². The fourth-order valence-corrected chi connectivity index (χ4v) is 2.88. The third-order valence-corrected chi connectivity index (χ3v) is 4.46. The number of imide groups is 1. The van der Waals surface area contributed by atoms with Gasteiger partial charge in [0, 0.05) is 5.69 Å². The molecule has 1 heterocycles. The van der Waals surface area contributed by atoms with Crippen LogP contribution in [0.2, 0.25) is 0 Å². The van der Waals surface area contributed by atoms with Crippen molar-refractivity contribution in [1.82, 2.24) is 4.90 Å². The molecule has 1 fully saturated rings. The minimum Gasteiger partial charge on any atom is -0.324 e. The molecule has 0 radical (unpaired) electrons. The molecular formula is C15H18N2O3S. The van der Waals surface area contributed by atoms with E-state index in [9.17, 15) is 14.4 Å². The maximum Gasteiger partial charge on any atom is 0.244 e. The zero-order valence-electron chi connectivity index (χ0n) is 12.3. The Hall–Kier alpha value is -1.82. The number of carbonyl (C=O) groups excluding carboxylic acids is 3. The lowest BCUT2D eigenvalue weighted by Gasteiger charge is -2.27. The first-order chi connectivity index (χ1) is 9.88. The highest BCUT2D eigenvalue weighted by Gasteiger charge is 2.33. The minimum absolute atomic E-state index is 0.226. The number of carbonyl (C=O) groups is 3. The second-order valence-electron chi connectivity index (χ2n) is 5.14. The van der Waals surface area contributed by atoms with Crippen molar-refractivity contribution >= 4 is 35.2 Å². The maximum absolute atomic E-state index is 12.1.